The number of carbonyl (C=O) groups is 1. The number of carboxylic acids is 1. The highest BCUT2D eigenvalue weighted by Crippen LogP contribution is 2.20. The molecular formula is C10H9N3O3. The van der Waals surface area contributed by atoms with Gasteiger partial charge in [-0.15, -0.1) is 0 Å². The van der Waals surface area contributed by atoms with Crippen LogP contribution in [0.4, 0.5) is 0 Å². The maximum Gasteiger partial charge on any atom is 0.337 e. The summed E-state index contributed by atoms with van der Waals surface area (Å²) in [5.74, 6) is -0.455. The third-order valence-electron chi connectivity index (χ3n) is 2.10. The first-order chi connectivity index (χ1) is 7.72. The topological polar surface area (TPSA) is 77.2 Å². The number of rotatable bonds is 3. The first-order valence-electron chi connectivity index (χ1n) is 4.48. The molecule has 16 heavy (non-hydrogen) atoms. The fraction of sp³-hybridized carbons (Fsp3) is 0.100. The average Bonchev–Trinajstić information content (AvgIpc) is 2.81. The number of nitrogens with zero attached hydrogens (tertiary/aromatic N) is 3. The van der Waals surface area contributed by atoms with Crippen LogP contribution in [0.2, 0.25) is 0 Å². The zero-order valence-corrected chi connectivity index (χ0v) is 8.49. The van der Waals surface area contributed by atoms with Crippen molar-refractivity contribution in [2.24, 2.45) is 0 Å². The van der Waals surface area contributed by atoms with Crippen LogP contribution in [0.5, 0.6) is 5.75 Å². The number of ether oxygens (including phenoxy) is 1. The van der Waals surface area contributed by atoms with Crippen LogP contribution in [0.15, 0.2) is 30.9 Å². The van der Waals surface area contributed by atoms with Crippen molar-refractivity contribution in [3.63, 3.8) is 0 Å². The maximum atomic E-state index is 11.0. The summed E-state index contributed by atoms with van der Waals surface area (Å²) in [6, 6.07) is 4.65. The van der Waals surface area contributed by atoms with Gasteiger partial charge in [-0.1, -0.05) is 0 Å². The van der Waals surface area contributed by atoms with Crippen molar-refractivity contribution in [2.45, 2.75) is 0 Å². The summed E-state index contributed by atoms with van der Waals surface area (Å²) in [7, 11) is 1.51. The maximum absolute atomic E-state index is 11.0. The molecule has 0 aliphatic carbocycles. The van der Waals surface area contributed by atoms with E-state index in [2.05, 4.69) is 10.1 Å². The predicted octanol–water partition coefficient (Wildman–Crippen LogP) is 0.974. The quantitative estimate of drug-likeness (QED) is 0.832. The van der Waals surface area contributed by atoms with Crippen LogP contribution in [-0.4, -0.2) is 33.0 Å². The molecule has 0 bridgehead atoms. The molecule has 1 aromatic heterocycles. The molecule has 0 atom stereocenters. The first-order valence-corrected chi connectivity index (χ1v) is 4.48. The summed E-state index contributed by atoms with van der Waals surface area (Å²) < 4.78 is 6.41. The van der Waals surface area contributed by atoms with Gasteiger partial charge in [-0.3, -0.25) is 0 Å². The number of hydrogen-bond acceptors (Lipinski definition) is 4. The van der Waals surface area contributed by atoms with Gasteiger partial charge in [0, 0.05) is 6.07 Å². The average molecular weight is 219 g/mol. The molecule has 1 heterocycles. The summed E-state index contributed by atoms with van der Waals surface area (Å²) in [4.78, 5) is 14.8. The van der Waals surface area contributed by atoms with E-state index in [0.29, 0.717) is 11.4 Å². The van der Waals surface area contributed by atoms with Gasteiger partial charge in [-0.05, 0) is 12.1 Å². The molecule has 6 nitrogen and oxygen atoms in total. The lowest BCUT2D eigenvalue weighted by molar-refractivity contribution is 0.0696. The Hall–Kier alpha value is -2.37. The molecule has 0 saturated carbocycles. The highest BCUT2D eigenvalue weighted by Gasteiger charge is 2.13. The van der Waals surface area contributed by atoms with Crippen molar-refractivity contribution in [2.75, 3.05) is 7.11 Å². The Labute approximate surface area is 91.1 Å². The number of carboxylic acid groups (broad SMARTS) is 1. The second-order valence-electron chi connectivity index (χ2n) is 3.03. The molecule has 0 amide bonds. The van der Waals surface area contributed by atoms with Crippen LogP contribution >= 0.6 is 0 Å². The number of aromatic nitrogens is 3. The van der Waals surface area contributed by atoms with Crippen LogP contribution < -0.4 is 4.74 Å². The van der Waals surface area contributed by atoms with Crippen molar-refractivity contribution in [1.82, 2.24) is 14.8 Å². The van der Waals surface area contributed by atoms with Gasteiger partial charge in [0.05, 0.1) is 18.4 Å². The minimum atomic E-state index is -1.02. The van der Waals surface area contributed by atoms with Gasteiger partial charge in [0.15, 0.2) is 0 Å². The van der Waals surface area contributed by atoms with Gasteiger partial charge in [0.2, 0.25) is 0 Å². The van der Waals surface area contributed by atoms with Crippen LogP contribution in [0.25, 0.3) is 5.69 Å². The molecule has 0 saturated heterocycles. The molecule has 2 aromatic rings. The van der Waals surface area contributed by atoms with Crippen molar-refractivity contribution in [1.29, 1.82) is 0 Å². The van der Waals surface area contributed by atoms with E-state index in [1.807, 2.05) is 0 Å². The largest absolute Gasteiger partial charge is 0.497 e. The molecular weight excluding hydrogens is 210 g/mol. The van der Waals surface area contributed by atoms with E-state index >= 15 is 0 Å². The molecule has 82 valence electrons. The zero-order valence-electron chi connectivity index (χ0n) is 8.49. The molecule has 0 aliphatic heterocycles. The van der Waals surface area contributed by atoms with Crippen molar-refractivity contribution in [3.05, 3.63) is 36.4 Å². The van der Waals surface area contributed by atoms with Gasteiger partial charge in [-0.2, -0.15) is 5.10 Å². The van der Waals surface area contributed by atoms with Gasteiger partial charge in [0.1, 0.15) is 18.4 Å². The lowest BCUT2D eigenvalue weighted by Gasteiger charge is -2.07. The third kappa shape index (κ3) is 1.72. The summed E-state index contributed by atoms with van der Waals surface area (Å²) in [6.45, 7) is 0. The SMILES string of the molecule is COc1ccc(C(=O)O)c(-n2cncn2)c1. The molecule has 1 N–H and O–H groups in total. The Morgan fingerprint density at radius 2 is 2.31 bits per heavy atom. The second kappa shape index (κ2) is 4.01. The van der Waals surface area contributed by atoms with E-state index < -0.39 is 5.97 Å². The molecule has 0 aliphatic rings. The highest BCUT2D eigenvalue weighted by molar-refractivity contribution is 5.92. The number of methoxy groups -OCH3 is 1. The van der Waals surface area contributed by atoms with E-state index in [4.69, 9.17) is 9.84 Å². The molecule has 0 spiro atoms. The van der Waals surface area contributed by atoms with Gasteiger partial charge in [0.25, 0.3) is 0 Å². The van der Waals surface area contributed by atoms with Crippen LogP contribution in [-0.2, 0) is 0 Å². The van der Waals surface area contributed by atoms with Crippen LogP contribution in [0, 0.1) is 0 Å². The molecule has 0 unspecified atom stereocenters. The van der Waals surface area contributed by atoms with Gasteiger partial charge >= 0.3 is 5.97 Å². The smallest absolute Gasteiger partial charge is 0.337 e. The summed E-state index contributed by atoms with van der Waals surface area (Å²) in [5, 5.41) is 12.9. The summed E-state index contributed by atoms with van der Waals surface area (Å²) in [6.07, 6.45) is 2.77. The minimum absolute atomic E-state index is 0.145. The Morgan fingerprint density at radius 1 is 1.50 bits per heavy atom. The minimum Gasteiger partial charge on any atom is -0.497 e. The number of hydrogen-bond donors (Lipinski definition) is 1. The Balaban J connectivity index is 2.59. The predicted molar refractivity (Wildman–Crippen MR) is 54.9 cm³/mol. The fourth-order valence-corrected chi connectivity index (χ4v) is 1.34. The lowest BCUT2D eigenvalue weighted by Crippen LogP contribution is -2.06. The van der Waals surface area contributed by atoms with Crippen molar-refractivity contribution >= 4 is 5.97 Å². The first kappa shape index (κ1) is 10.2. The fourth-order valence-electron chi connectivity index (χ4n) is 1.34. The van der Waals surface area contributed by atoms with Crippen LogP contribution in [0.1, 0.15) is 10.4 Å². The van der Waals surface area contributed by atoms with Gasteiger partial charge < -0.3 is 9.84 Å². The van der Waals surface area contributed by atoms with E-state index in [0.717, 1.165) is 0 Å². The lowest BCUT2D eigenvalue weighted by atomic mass is 10.1. The zero-order chi connectivity index (χ0) is 11.5. The molecule has 2 rings (SSSR count). The Kier molecular flexibility index (Phi) is 2.55. The van der Waals surface area contributed by atoms with Crippen molar-refractivity contribution < 1.29 is 14.6 Å². The second-order valence-corrected chi connectivity index (χ2v) is 3.03. The van der Waals surface area contributed by atoms with E-state index in [9.17, 15) is 4.79 Å². The Morgan fingerprint density at radius 3 is 2.88 bits per heavy atom. The molecule has 0 fully saturated rings. The molecule has 0 radical (unpaired) electrons. The third-order valence-corrected chi connectivity index (χ3v) is 2.10. The molecule has 1 aromatic carbocycles. The number of aromatic carboxylic acids is 1. The standard InChI is InChI=1S/C10H9N3O3/c1-16-7-2-3-8(10(14)15)9(4-7)13-6-11-5-12-13/h2-6H,1H3,(H,14,15). The van der Waals surface area contributed by atoms with Gasteiger partial charge in [-0.25, -0.2) is 14.5 Å². The van der Waals surface area contributed by atoms with Crippen LogP contribution in [0.3, 0.4) is 0 Å². The summed E-state index contributed by atoms with van der Waals surface area (Å²) in [5.41, 5.74) is 0.565. The summed E-state index contributed by atoms with van der Waals surface area (Å²) >= 11 is 0. The molecule has 6 heteroatoms. The normalized spacial score (nSPS) is 10.1. The monoisotopic (exact) mass is 219 g/mol. The van der Waals surface area contributed by atoms with E-state index in [-0.39, 0.29) is 5.56 Å². The van der Waals surface area contributed by atoms with E-state index in [1.54, 1.807) is 12.1 Å². The number of benzene rings is 1. The Bertz CT molecular complexity index is 508. The van der Waals surface area contributed by atoms with Crippen molar-refractivity contribution in [3.8, 4) is 11.4 Å². The van der Waals surface area contributed by atoms with E-state index in [1.165, 1.54) is 30.5 Å². The highest BCUT2D eigenvalue weighted by atomic mass is 16.5.